The summed E-state index contributed by atoms with van der Waals surface area (Å²) in [6.07, 6.45) is 5.01. The van der Waals surface area contributed by atoms with E-state index in [2.05, 4.69) is 77.8 Å². The number of rotatable bonds is 8. The molecule has 2 aromatic rings. The van der Waals surface area contributed by atoms with E-state index >= 15 is 0 Å². The Kier molecular flexibility index (Phi) is 7.08. The Bertz CT molecular complexity index is 549. The van der Waals surface area contributed by atoms with Gasteiger partial charge in [-0.2, -0.15) is 0 Å². The molecule has 134 valence electrons. The van der Waals surface area contributed by atoms with Gasteiger partial charge in [0.15, 0.2) is 0 Å². The van der Waals surface area contributed by atoms with Gasteiger partial charge >= 0.3 is 0 Å². The molecule has 1 fully saturated rings. The van der Waals surface area contributed by atoms with E-state index in [1.165, 1.54) is 50.0 Å². The minimum Gasteiger partial charge on any atom is -0.314 e. The summed E-state index contributed by atoms with van der Waals surface area (Å²) in [4.78, 5) is 2.61. The molecule has 25 heavy (non-hydrogen) atoms. The molecular formula is C23H32N2. The molecule has 1 aliphatic heterocycles. The Balaban J connectivity index is 1.54. The van der Waals surface area contributed by atoms with Crippen LogP contribution in [0.3, 0.4) is 0 Å². The molecule has 1 heterocycles. The quantitative estimate of drug-likeness (QED) is 0.753. The number of likely N-dealkylation sites (tertiary alicyclic amines) is 1. The number of nitrogens with one attached hydrogen (secondary N) is 1. The van der Waals surface area contributed by atoms with Gasteiger partial charge in [0.05, 0.1) is 0 Å². The zero-order chi connectivity index (χ0) is 17.3. The summed E-state index contributed by atoms with van der Waals surface area (Å²) < 4.78 is 0. The highest BCUT2D eigenvalue weighted by Gasteiger charge is 2.19. The van der Waals surface area contributed by atoms with E-state index in [1.54, 1.807) is 0 Å². The summed E-state index contributed by atoms with van der Waals surface area (Å²) in [6.45, 7) is 7.14. The van der Waals surface area contributed by atoms with Crippen molar-refractivity contribution >= 4 is 0 Å². The van der Waals surface area contributed by atoms with Crippen LogP contribution < -0.4 is 5.32 Å². The monoisotopic (exact) mass is 336 g/mol. The molecule has 0 saturated carbocycles. The van der Waals surface area contributed by atoms with Gasteiger partial charge in [0.2, 0.25) is 0 Å². The van der Waals surface area contributed by atoms with Crippen molar-refractivity contribution < 1.29 is 0 Å². The normalized spacial score (nSPS) is 16.4. The lowest BCUT2D eigenvalue weighted by atomic mass is 9.88. The van der Waals surface area contributed by atoms with Gasteiger partial charge in [-0.1, -0.05) is 67.6 Å². The molecular weight excluding hydrogens is 304 g/mol. The Labute approximate surface area is 153 Å². The van der Waals surface area contributed by atoms with Crippen molar-refractivity contribution in [2.75, 3.05) is 26.2 Å². The Hall–Kier alpha value is -1.64. The zero-order valence-corrected chi connectivity index (χ0v) is 15.5. The molecule has 0 aromatic heterocycles. The van der Waals surface area contributed by atoms with E-state index in [0.29, 0.717) is 12.0 Å². The maximum Gasteiger partial charge on any atom is 0.0101 e. The average Bonchev–Trinajstić information content (AvgIpc) is 2.68. The molecule has 0 bridgehead atoms. The molecule has 1 saturated heterocycles. The number of benzene rings is 2. The second-order valence-electron chi connectivity index (χ2n) is 7.23. The summed E-state index contributed by atoms with van der Waals surface area (Å²) in [6, 6.07) is 22.6. The second kappa shape index (κ2) is 9.74. The predicted molar refractivity (Wildman–Crippen MR) is 107 cm³/mol. The topological polar surface area (TPSA) is 15.3 Å². The van der Waals surface area contributed by atoms with Crippen LogP contribution in [0.2, 0.25) is 0 Å². The lowest BCUT2D eigenvalue weighted by Gasteiger charge is -2.32. The lowest BCUT2D eigenvalue weighted by molar-refractivity contribution is 0.198. The number of hydrogen-bond donors (Lipinski definition) is 1. The van der Waals surface area contributed by atoms with Crippen LogP contribution in [0, 0.1) is 0 Å². The lowest BCUT2D eigenvalue weighted by Crippen LogP contribution is -2.43. The molecule has 0 radical (unpaired) electrons. The minimum atomic E-state index is 0.482. The van der Waals surface area contributed by atoms with Crippen molar-refractivity contribution in [3.05, 3.63) is 71.8 Å². The molecule has 1 N–H and O–H groups in total. The van der Waals surface area contributed by atoms with Crippen LogP contribution in [0.4, 0.5) is 0 Å². The van der Waals surface area contributed by atoms with E-state index in [0.717, 1.165) is 13.0 Å². The van der Waals surface area contributed by atoms with Crippen molar-refractivity contribution in [3.63, 3.8) is 0 Å². The van der Waals surface area contributed by atoms with Crippen LogP contribution in [-0.4, -0.2) is 37.1 Å². The van der Waals surface area contributed by atoms with Crippen LogP contribution in [-0.2, 0) is 0 Å². The van der Waals surface area contributed by atoms with Crippen molar-refractivity contribution in [3.8, 4) is 0 Å². The highest BCUT2D eigenvalue weighted by atomic mass is 15.1. The van der Waals surface area contributed by atoms with Gasteiger partial charge in [-0.25, -0.2) is 0 Å². The van der Waals surface area contributed by atoms with Gasteiger partial charge in [0.1, 0.15) is 0 Å². The summed E-state index contributed by atoms with van der Waals surface area (Å²) >= 11 is 0. The van der Waals surface area contributed by atoms with Crippen molar-refractivity contribution in [2.45, 2.75) is 44.6 Å². The summed E-state index contributed by atoms with van der Waals surface area (Å²) in [5.41, 5.74) is 2.85. The molecule has 2 heteroatoms. The van der Waals surface area contributed by atoms with Crippen LogP contribution in [0.15, 0.2) is 60.7 Å². The maximum absolute atomic E-state index is 3.83. The van der Waals surface area contributed by atoms with Crippen molar-refractivity contribution in [1.29, 1.82) is 0 Å². The predicted octanol–water partition coefficient (Wildman–Crippen LogP) is 4.67. The first-order valence-electron chi connectivity index (χ1n) is 9.92. The van der Waals surface area contributed by atoms with Crippen LogP contribution in [0.25, 0.3) is 0 Å². The van der Waals surface area contributed by atoms with Gasteiger partial charge in [-0.05, 0) is 63.0 Å². The standard InChI is InChI=1S/C23H32N2/c1-2-17-25-18-14-22(15-19-25)24-16-13-23(20-9-5-3-6-10-20)21-11-7-4-8-12-21/h3-12,22-24H,2,13-19H2,1H3. The SMILES string of the molecule is CCCN1CCC(NCCC(c2ccccc2)c2ccccc2)CC1. The molecule has 0 spiro atoms. The third-order valence-corrected chi connectivity index (χ3v) is 5.40. The first-order valence-corrected chi connectivity index (χ1v) is 9.92. The Morgan fingerprint density at radius 2 is 1.48 bits per heavy atom. The molecule has 2 nitrogen and oxygen atoms in total. The van der Waals surface area contributed by atoms with E-state index in [9.17, 15) is 0 Å². The van der Waals surface area contributed by atoms with Crippen LogP contribution in [0.1, 0.15) is 49.7 Å². The Morgan fingerprint density at radius 1 is 0.920 bits per heavy atom. The van der Waals surface area contributed by atoms with Crippen molar-refractivity contribution in [2.24, 2.45) is 0 Å². The molecule has 0 atom stereocenters. The van der Waals surface area contributed by atoms with E-state index in [4.69, 9.17) is 0 Å². The van der Waals surface area contributed by atoms with Crippen LogP contribution in [0.5, 0.6) is 0 Å². The molecule has 3 rings (SSSR count). The Morgan fingerprint density at radius 3 is 2.00 bits per heavy atom. The van der Waals surface area contributed by atoms with E-state index in [1.807, 2.05) is 0 Å². The number of nitrogens with zero attached hydrogens (tertiary/aromatic N) is 1. The fourth-order valence-electron chi connectivity index (χ4n) is 4.01. The largest absolute Gasteiger partial charge is 0.314 e. The average molecular weight is 337 g/mol. The van der Waals surface area contributed by atoms with E-state index in [-0.39, 0.29) is 0 Å². The van der Waals surface area contributed by atoms with Gasteiger partial charge in [0, 0.05) is 12.0 Å². The van der Waals surface area contributed by atoms with Gasteiger partial charge in [-0.15, -0.1) is 0 Å². The number of piperidine rings is 1. The molecule has 0 unspecified atom stereocenters. The highest BCUT2D eigenvalue weighted by molar-refractivity contribution is 5.32. The highest BCUT2D eigenvalue weighted by Crippen LogP contribution is 2.27. The molecule has 0 amide bonds. The first kappa shape index (κ1) is 18.2. The van der Waals surface area contributed by atoms with Gasteiger partial charge in [0.25, 0.3) is 0 Å². The fourth-order valence-corrected chi connectivity index (χ4v) is 4.01. The molecule has 1 aliphatic rings. The fraction of sp³-hybridized carbons (Fsp3) is 0.478. The van der Waals surface area contributed by atoms with Crippen LogP contribution >= 0.6 is 0 Å². The second-order valence-corrected chi connectivity index (χ2v) is 7.23. The smallest absolute Gasteiger partial charge is 0.0101 e. The zero-order valence-electron chi connectivity index (χ0n) is 15.5. The third-order valence-electron chi connectivity index (χ3n) is 5.40. The van der Waals surface area contributed by atoms with Gasteiger partial charge in [-0.3, -0.25) is 0 Å². The number of hydrogen-bond acceptors (Lipinski definition) is 2. The maximum atomic E-state index is 3.83. The minimum absolute atomic E-state index is 0.482. The summed E-state index contributed by atoms with van der Waals surface area (Å²) in [7, 11) is 0. The molecule has 0 aliphatic carbocycles. The van der Waals surface area contributed by atoms with E-state index < -0.39 is 0 Å². The third kappa shape index (κ3) is 5.42. The summed E-state index contributed by atoms with van der Waals surface area (Å²) in [5.74, 6) is 0.482. The van der Waals surface area contributed by atoms with Gasteiger partial charge < -0.3 is 10.2 Å². The van der Waals surface area contributed by atoms with Crippen molar-refractivity contribution in [1.82, 2.24) is 10.2 Å². The molecule has 2 aromatic carbocycles. The summed E-state index contributed by atoms with van der Waals surface area (Å²) in [5, 5.41) is 3.83. The first-order chi connectivity index (χ1) is 12.4.